The molecular weight excluding hydrogens is 607 g/mol. The van der Waals surface area contributed by atoms with Crippen LogP contribution in [-0.2, 0) is 25.0 Å². The lowest BCUT2D eigenvalue weighted by atomic mass is 9.90. The number of thioether (sulfide) groups is 1. The van der Waals surface area contributed by atoms with E-state index in [1.165, 1.54) is 40.9 Å². The summed E-state index contributed by atoms with van der Waals surface area (Å²) in [6.07, 6.45) is 0.703. The van der Waals surface area contributed by atoms with Gasteiger partial charge in [0.2, 0.25) is 0 Å². The molecule has 0 unspecified atom stereocenters. The zero-order valence-electron chi connectivity index (χ0n) is 22.4. The van der Waals surface area contributed by atoms with Crippen LogP contribution in [0, 0.1) is 5.41 Å². The molecule has 1 aliphatic heterocycles. The molecule has 0 fully saturated rings. The third kappa shape index (κ3) is 6.05. The highest BCUT2D eigenvalue weighted by Gasteiger charge is 2.31. The summed E-state index contributed by atoms with van der Waals surface area (Å²) in [7, 11) is -8.54. The zero-order chi connectivity index (χ0) is 31.0. The Morgan fingerprint density at radius 3 is 2.29 bits per heavy atom. The van der Waals surface area contributed by atoms with Crippen molar-refractivity contribution in [2.24, 2.45) is 0 Å². The fraction of sp³-hybridized carbons (Fsp3) is 0.222. The molecule has 2 aliphatic rings. The number of nitrogens with zero attached hydrogens (tertiary/aromatic N) is 1. The van der Waals surface area contributed by atoms with Crippen LogP contribution in [0.2, 0.25) is 0 Å². The van der Waals surface area contributed by atoms with Crippen LogP contribution in [-0.4, -0.2) is 61.2 Å². The number of hydrogen-bond acceptors (Lipinski definition) is 10. The number of rotatable bonds is 9. The highest BCUT2D eigenvalue weighted by Crippen LogP contribution is 2.45. The van der Waals surface area contributed by atoms with Gasteiger partial charge in [-0.3, -0.25) is 24.1 Å². The third-order valence-electron chi connectivity index (χ3n) is 6.47. The number of hydrogen-bond donors (Lipinski definition) is 4. The van der Waals surface area contributed by atoms with Crippen molar-refractivity contribution in [2.45, 2.75) is 29.6 Å². The average Bonchev–Trinajstić information content (AvgIpc) is 2.89. The van der Waals surface area contributed by atoms with E-state index in [0.29, 0.717) is 12.2 Å². The Kier molecular flexibility index (Phi) is 8.80. The molecule has 2 aromatic carbocycles. The first-order valence-corrected chi connectivity index (χ1v) is 16.4. The van der Waals surface area contributed by atoms with E-state index in [4.69, 9.17) is 15.6 Å². The van der Waals surface area contributed by atoms with Gasteiger partial charge in [-0.25, -0.2) is 0 Å². The SMILES string of the molecule is CCSC(=O)CCCN(C)C(=O)c1ccccc1-c1c2ccc(=N)c(S(=O)(=O)O)c-2oc2c(S(=O)(=O)O)c(N)ccc12. The fourth-order valence-electron chi connectivity index (χ4n) is 4.68. The molecule has 0 bridgehead atoms. The normalized spacial score (nSPS) is 12.1. The minimum atomic E-state index is -5.08. The van der Waals surface area contributed by atoms with Gasteiger partial charge in [-0.15, -0.1) is 0 Å². The quantitative estimate of drug-likeness (QED) is 0.118. The number of carbonyl (C=O) groups is 2. The predicted molar refractivity (Wildman–Crippen MR) is 158 cm³/mol. The number of benzene rings is 3. The van der Waals surface area contributed by atoms with Crippen LogP contribution < -0.4 is 11.1 Å². The van der Waals surface area contributed by atoms with Crippen molar-refractivity contribution in [2.75, 3.05) is 25.1 Å². The standard InChI is InChI=1S/C27H27N3O9S3/c1-3-40-21(31)9-6-14-30(2)27(32)16-8-5-4-7-15(16)22-17-10-12-19(28)25(41(33,34)35)23(17)39-24-18(22)11-13-20(29)26(24)42(36,37)38/h4-5,7-8,10-13,28H,3,6,9,14,29H2,1-2H3,(H,33,34,35)(H,36,37,38). The summed E-state index contributed by atoms with van der Waals surface area (Å²) in [5.41, 5.74) is 5.47. The minimum Gasteiger partial charge on any atom is -0.453 e. The second-order valence-electron chi connectivity index (χ2n) is 9.29. The van der Waals surface area contributed by atoms with Gasteiger partial charge in [-0.1, -0.05) is 36.9 Å². The number of amides is 1. The van der Waals surface area contributed by atoms with Gasteiger partial charge >= 0.3 is 0 Å². The van der Waals surface area contributed by atoms with E-state index in [1.54, 1.807) is 25.2 Å². The number of carbonyl (C=O) groups excluding carboxylic acids is 2. The smallest absolute Gasteiger partial charge is 0.300 e. The molecule has 4 rings (SSSR count). The summed E-state index contributed by atoms with van der Waals surface area (Å²) in [5.74, 6) is -0.371. The third-order valence-corrected chi connectivity index (χ3v) is 9.14. The van der Waals surface area contributed by atoms with E-state index in [-0.39, 0.29) is 45.7 Å². The van der Waals surface area contributed by atoms with Gasteiger partial charge in [0.05, 0.1) is 11.0 Å². The van der Waals surface area contributed by atoms with Crippen LogP contribution in [0.1, 0.15) is 30.1 Å². The molecule has 0 radical (unpaired) electrons. The van der Waals surface area contributed by atoms with E-state index < -0.39 is 58.3 Å². The van der Waals surface area contributed by atoms with Gasteiger partial charge in [-0.2, -0.15) is 16.8 Å². The van der Waals surface area contributed by atoms with Crippen molar-refractivity contribution in [3.63, 3.8) is 0 Å². The second-order valence-corrected chi connectivity index (χ2v) is 13.3. The molecule has 0 saturated carbocycles. The number of fused-ring (bicyclic) bond motifs is 2. The summed E-state index contributed by atoms with van der Waals surface area (Å²) in [4.78, 5) is 25.2. The highest BCUT2D eigenvalue weighted by molar-refractivity contribution is 8.13. The Hall–Kier alpha value is -3.76. The first-order chi connectivity index (χ1) is 19.7. The second kappa shape index (κ2) is 11.9. The van der Waals surface area contributed by atoms with Crippen LogP contribution in [0.25, 0.3) is 33.4 Å². The van der Waals surface area contributed by atoms with E-state index in [2.05, 4.69) is 0 Å². The Bertz CT molecular complexity index is 1970. The Morgan fingerprint density at radius 2 is 1.64 bits per heavy atom. The lowest BCUT2D eigenvalue weighted by Crippen LogP contribution is -2.28. The summed E-state index contributed by atoms with van der Waals surface area (Å²) < 4.78 is 75.1. The van der Waals surface area contributed by atoms with E-state index in [0.717, 1.165) is 6.07 Å². The van der Waals surface area contributed by atoms with Gasteiger partial charge in [0.15, 0.2) is 26.2 Å². The van der Waals surface area contributed by atoms with Crippen molar-refractivity contribution in [3.8, 4) is 22.5 Å². The minimum absolute atomic E-state index is 0.0158. The first kappa shape index (κ1) is 31.2. The maximum Gasteiger partial charge on any atom is 0.300 e. The van der Waals surface area contributed by atoms with Crippen LogP contribution >= 0.6 is 11.8 Å². The molecule has 1 heterocycles. The molecule has 15 heteroatoms. The number of nitrogens with two attached hydrogens (primary N) is 1. The highest BCUT2D eigenvalue weighted by atomic mass is 32.2. The molecule has 2 aromatic rings. The summed E-state index contributed by atoms with van der Waals surface area (Å²) >= 11 is 1.20. The molecule has 1 aliphatic carbocycles. The van der Waals surface area contributed by atoms with Crippen molar-refractivity contribution in [1.29, 1.82) is 5.41 Å². The van der Waals surface area contributed by atoms with Crippen molar-refractivity contribution in [1.82, 2.24) is 4.90 Å². The number of anilines is 1. The van der Waals surface area contributed by atoms with Crippen LogP contribution in [0.4, 0.5) is 5.69 Å². The van der Waals surface area contributed by atoms with Gasteiger partial charge < -0.3 is 15.1 Å². The van der Waals surface area contributed by atoms with Gasteiger partial charge in [-0.05, 0) is 48.1 Å². The van der Waals surface area contributed by atoms with Crippen molar-refractivity contribution < 1.29 is 39.9 Å². The molecule has 222 valence electrons. The van der Waals surface area contributed by atoms with E-state index in [1.807, 2.05) is 6.92 Å². The molecule has 1 amide bonds. The largest absolute Gasteiger partial charge is 0.453 e. The van der Waals surface area contributed by atoms with Crippen LogP contribution in [0.5, 0.6) is 0 Å². The Labute approximate surface area is 245 Å². The topological polar surface area (TPSA) is 209 Å². The molecule has 0 saturated heterocycles. The van der Waals surface area contributed by atoms with Crippen molar-refractivity contribution >= 4 is 59.7 Å². The Morgan fingerprint density at radius 1 is 0.976 bits per heavy atom. The van der Waals surface area contributed by atoms with Crippen LogP contribution in [0.15, 0.2) is 62.7 Å². The molecule has 0 aromatic heterocycles. The fourth-order valence-corrected chi connectivity index (χ4v) is 6.78. The number of nitrogen functional groups attached to an aromatic ring is 1. The van der Waals surface area contributed by atoms with Gasteiger partial charge in [0, 0.05) is 42.1 Å². The predicted octanol–water partition coefficient (Wildman–Crippen LogP) is 3.89. The summed E-state index contributed by atoms with van der Waals surface area (Å²) in [6.45, 7) is 2.13. The number of nitrogens with one attached hydrogen (secondary N) is 1. The molecule has 42 heavy (non-hydrogen) atoms. The summed E-state index contributed by atoms with van der Waals surface area (Å²) in [5, 5.41) is 7.54. The average molecular weight is 634 g/mol. The molecule has 0 atom stereocenters. The van der Waals surface area contributed by atoms with Crippen molar-refractivity contribution in [3.05, 3.63) is 59.5 Å². The van der Waals surface area contributed by atoms with Gasteiger partial charge in [0.1, 0.15) is 0 Å². The van der Waals surface area contributed by atoms with Crippen LogP contribution in [0.3, 0.4) is 0 Å². The molecular formula is C27H27N3O9S3. The molecule has 0 spiro atoms. The Balaban J connectivity index is 2.03. The zero-order valence-corrected chi connectivity index (χ0v) is 24.9. The van der Waals surface area contributed by atoms with E-state index in [9.17, 15) is 35.5 Å². The summed E-state index contributed by atoms with van der Waals surface area (Å²) in [6, 6.07) is 11.4. The lowest BCUT2D eigenvalue weighted by Gasteiger charge is -2.22. The molecule has 12 nitrogen and oxygen atoms in total. The maximum absolute atomic E-state index is 13.7. The lowest BCUT2D eigenvalue weighted by molar-refractivity contribution is -0.111. The first-order valence-electron chi connectivity index (χ1n) is 12.5. The van der Waals surface area contributed by atoms with E-state index >= 15 is 0 Å². The monoisotopic (exact) mass is 633 g/mol. The maximum atomic E-state index is 13.7. The molecule has 5 N–H and O–H groups in total. The van der Waals surface area contributed by atoms with Gasteiger partial charge in [0.25, 0.3) is 26.1 Å².